The summed E-state index contributed by atoms with van der Waals surface area (Å²) in [6, 6.07) is 2.11. The Balaban J connectivity index is 2.27. The number of thiophene rings is 1. The molecule has 0 aliphatic carbocycles. The second-order valence-corrected chi connectivity index (χ2v) is 5.13. The Hall–Kier alpha value is -2.16. The molecule has 0 aliphatic rings. The van der Waals surface area contributed by atoms with Crippen LogP contribution in [0.4, 0.5) is 13.2 Å². The number of alkyl halides is 3. The van der Waals surface area contributed by atoms with Crippen LogP contribution < -0.4 is 5.32 Å². The zero-order valence-corrected chi connectivity index (χ0v) is 11.2. The number of hydrogen-bond acceptors (Lipinski definition) is 4. The lowest BCUT2D eigenvalue weighted by Crippen LogP contribution is -2.25. The molecule has 0 aromatic carbocycles. The van der Waals surface area contributed by atoms with Crippen molar-refractivity contribution in [2.75, 3.05) is 6.54 Å². The Kier molecular flexibility index (Phi) is 4.12. The number of halogens is 3. The normalized spacial score (nSPS) is 11.6. The molecule has 0 aliphatic heterocycles. The number of carbonyl (C=O) groups excluding carboxylic acids is 1. The van der Waals surface area contributed by atoms with Gasteiger partial charge in [-0.1, -0.05) is 0 Å². The molecule has 0 fully saturated rings. The molecule has 21 heavy (non-hydrogen) atoms. The van der Waals surface area contributed by atoms with Crippen LogP contribution in [0.25, 0.3) is 10.2 Å². The highest BCUT2D eigenvalue weighted by Crippen LogP contribution is 2.37. The van der Waals surface area contributed by atoms with Crippen LogP contribution in [-0.4, -0.2) is 28.5 Å². The predicted octanol–water partition coefficient (Wildman–Crippen LogP) is 2.52. The average Bonchev–Trinajstić information content (AvgIpc) is 2.80. The number of nitrogens with one attached hydrogen (secondary N) is 1. The van der Waals surface area contributed by atoms with E-state index in [1.165, 1.54) is 6.07 Å². The van der Waals surface area contributed by atoms with E-state index in [2.05, 4.69) is 10.3 Å². The molecule has 2 aromatic rings. The summed E-state index contributed by atoms with van der Waals surface area (Å²) in [5, 5.41) is 10.8. The highest BCUT2D eigenvalue weighted by molar-refractivity contribution is 7.21. The summed E-state index contributed by atoms with van der Waals surface area (Å²) >= 11 is 0.676. The van der Waals surface area contributed by atoms with Gasteiger partial charge in [-0.25, -0.2) is 0 Å². The number of carboxylic acid groups (broad SMARTS) is 1. The van der Waals surface area contributed by atoms with Crippen molar-refractivity contribution in [1.29, 1.82) is 0 Å². The second kappa shape index (κ2) is 5.68. The molecule has 2 aromatic heterocycles. The maximum atomic E-state index is 12.8. The zero-order chi connectivity index (χ0) is 15.6. The van der Waals surface area contributed by atoms with Gasteiger partial charge >= 0.3 is 12.1 Å². The van der Waals surface area contributed by atoms with Crippen LogP contribution in [0.3, 0.4) is 0 Å². The van der Waals surface area contributed by atoms with Crippen molar-refractivity contribution in [2.24, 2.45) is 0 Å². The predicted molar refractivity (Wildman–Crippen MR) is 69.2 cm³/mol. The minimum absolute atomic E-state index is 0.0552. The van der Waals surface area contributed by atoms with Gasteiger partial charge in [0.05, 0.1) is 27.1 Å². The number of amides is 1. The van der Waals surface area contributed by atoms with Crippen molar-refractivity contribution in [3.63, 3.8) is 0 Å². The van der Waals surface area contributed by atoms with Gasteiger partial charge < -0.3 is 10.4 Å². The van der Waals surface area contributed by atoms with Crippen LogP contribution in [0.5, 0.6) is 0 Å². The molecule has 0 atom stereocenters. The standard InChI is InChI=1S/C12H9F3N2O3S/c13-12(14,15)6-1-3-16-7-5-8(21-10(6)7)11(20)17-4-2-9(18)19/h1,3,5H,2,4H2,(H,17,20)(H,18,19). The molecular formula is C12H9F3N2O3S. The number of aliphatic carboxylic acids is 1. The molecule has 2 rings (SSSR count). The van der Waals surface area contributed by atoms with E-state index in [-0.39, 0.29) is 28.1 Å². The largest absolute Gasteiger partial charge is 0.481 e. The summed E-state index contributed by atoms with van der Waals surface area (Å²) in [6.45, 7) is -0.0953. The SMILES string of the molecule is O=C(O)CCNC(=O)c1cc2nccc(C(F)(F)F)c2s1. The second-order valence-electron chi connectivity index (χ2n) is 4.08. The Labute approximate surface area is 120 Å². The van der Waals surface area contributed by atoms with E-state index in [0.717, 1.165) is 12.3 Å². The third-order valence-electron chi connectivity index (χ3n) is 2.57. The minimum atomic E-state index is -4.52. The minimum Gasteiger partial charge on any atom is -0.481 e. The summed E-state index contributed by atoms with van der Waals surface area (Å²) < 4.78 is 38.4. The molecule has 9 heteroatoms. The first-order chi connectivity index (χ1) is 9.79. The monoisotopic (exact) mass is 318 g/mol. The molecule has 1 amide bonds. The van der Waals surface area contributed by atoms with Gasteiger partial charge in [-0.15, -0.1) is 11.3 Å². The highest BCUT2D eigenvalue weighted by Gasteiger charge is 2.33. The quantitative estimate of drug-likeness (QED) is 0.908. The molecule has 2 N–H and O–H groups in total. The van der Waals surface area contributed by atoms with Crippen molar-refractivity contribution in [3.8, 4) is 0 Å². The summed E-state index contributed by atoms with van der Waals surface area (Å²) in [6.07, 6.45) is -3.75. The smallest absolute Gasteiger partial charge is 0.417 e. The topological polar surface area (TPSA) is 79.3 Å². The van der Waals surface area contributed by atoms with E-state index in [4.69, 9.17) is 5.11 Å². The summed E-state index contributed by atoms with van der Waals surface area (Å²) in [4.78, 5) is 25.9. The number of pyridine rings is 1. The molecular weight excluding hydrogens is 309 g/mol. The number of nitrogens with zero attached hydrogens (tertiary/aromatic N) is 1. The third-order valence-corrected chi connectivity index (χ3v) is 3.72. The van der Waals surface area contributed by atoms with Crippen LogP contribution in [0.2, 0.25) is 0 Å². The molecule has 0 saturated carbocycles. The number of rotatable bonds is 4. The maximum absolute atomic E-state index is 12.8. The Morgan fingerprint density at radius 2 is 2.10 bits per heavy atom. The van der Waals surface area contributed by atoms with Crippen LogP contribution in [-0.2, 0) is 11.0 Å². The molecule has 5 nitrogen and oxygen atoms in total. The summed E-state index contributed by atoms with van der Waals surface area (Å²) in [5.74, 6) is -1.69. The van der Waals surface area contributed by atoms with Crippen molar-refractivity contribution in [2.45, 2.75) is 12.6 Å². The zero-order valence-electron chi connectivity index (χ0n) is 10.4. The maximum Gasteiger partial charge on any atom is 0.417 e. The lowest BCUT2D eigenvalue weighted by molar-refractivity contribution is -0.137. The first-order valence-electron chi connectivity index (χ1n) is 5.75. The fourth-order valence-corrected chi connectivity index (χ4v) is 2.71. The van der Waals surface area contributed by atoms with E-state index in [0.29, 0.717) is 11.3 Å². The lowest BCUT2D eigenvalue weighted by atomic mass is 10.2. The fourth-order valence-electron chi connectivity index (χ4n) is 1.64. The van der Waals surface area contributed by atoms with E-state index in [9.17, 15) is 22.8 Å². The van der Waals surface area contributed by atoms with Crippen molar-refractivity contribution < 1.29 is 27.9 Å². The summed E-state index contributed by atoms with van der Waals surface area (Å²) in [5.41, 5.74) is -0.764. The van der Waals surface area contributed by atoms with Gasteiger partial charge in [0.2, 0.25) is 0 Å². The van der Waals surface area contributed by atoms with Crippen molar-refractivity contribution in [3.05, 3.63) is 28.8 Å². The van der Waals surface area contributed by atoms with Crippen LogP contribution >= 0.6 is 11.3 Å². The number of carboxylic acids is 1. The van der Waals surface area contributed by atoms with Gasteiger partial charge in [0.1, 0.15) is 0 Å². The molecule has 0 radical (unpaired) electrons. The van der Waals surface area contributed by atoms with Gasteiger partial charge in [0, 0.05) is 12.7 Å². The van der Waals surface area contributed by atoms with E-state index < -0.39 is 23.6 Å². The van der Waals surface area contributed by atoms with Gasteiger partial charge in [0.15, 0.2) is 0 Å². The molecule has 0 spiro atoms. The van der Waals surface area contributed by atoms with Gasteiger partial charge in [-0.2, -0.15) is 13.2 Å². The fraction of sp³-hybridized carbons (Fsp3) is 0.250. The highest BCUT2D eigenvalue weighted by atomic mass is 32.1. The number of hydrogen-bond donors (Lipinski definition) is 2. The van der Waals surface area contributed by atoms with Crippen LogP contribution in [0.1, 0.15) is 21.7 Å². The van der Waals surface area contributed by atoms with Crippen LogP contribution in [0, 0.1) is 0 Å². The molecule has 2 heterocycles. The molecule has 112 valence electrons. The molecule has 0 unspecified atom stereocenters. The number of fused-ring (bicyclic) bond motifs is 1. The lowest BCUT2D eigenvalue weighted by Gasteiger charge is -2.06. The molecule has 0 bridgehead atoms. The van der Waals surface area contributed by atoms with Gasteiger partial charge in [-0.05, 0) is 12.1 Å². The summed E-state index contributed by atoms with van der Waals surface area (Å²) in [7, 11) is 0. The average molecular weight is 318 g/mol. The number of aromatic nitrogens is 1. The number of carbonyl (C=O) groups is 2. The third kappa shape index (κ3) is 3.48. The Morgan fingerprint density at radius 3 is 2.71 bits per heavy atom. The first kappa shape index (κ1) is 15.2. The van der Waals surface area contributed by atoms with E-state index >= 15 is 0 Å². The van der Waals surface area contributed by atoms with Crippen molar-refractivity contribution in [1.82, 2.24) is 10.3 Å². The van der Waals surface area contributed by atoms with Gasteiger partial charge in [-0.3, -0.25) is 14.6 Å². The van der Waals surface area contributed by atoms with Crippen molar-refractivity contribution >= 4 is 33.4 Å². The van der Waals surface area contributed by atoms with E-state index in [1.54, 1.807) is 0 Å². The van der Waals surface area contributed by atoms with E-state index in [1.807, 2.05) is 0 Å². The Bertz CT molecular complexity index is 697. The van der Waals surface area contributed by atoms with Gasteiger partial charge in [0.25, 0.3) is 5.91 Å². The first-order valence-corrected chi connectivity index (χ1v) is 6.56. The Morgan fingerprint density at radius 1 is 1.38 bits per heavy atom. The molecule has 0 saturated heterocycles. The van der Waals surface area contributed by atoms with Crippen LogP contribution in [0.15, 0.2) is 18.3 Å².